The maximum Gasteiger partial charge on any atom is 0.263 e. The molecule has 0 N–H and O–H groups in total. The van der Waals surface area contributed by atoms with Crippen LogP contribution in [0.1, 0.15) is 20.8 Å². The second kappa shape index (κ2) is 8.21. The molecule has 0 spiro atoms. The Balaban J connectivity index is 1.91. The van der Waals surface area contributed by atoms with Crippen LogP contribution < -0.4 is 4.74 Å². The van der Waals surface area contributed by atoms with Gasteiger partial charge >= 0.3 is 0 Å². The number of carbonyl (C=O) groups excluding carboxylic acids is 2. The lowest BCUT2D eigenvalue weighted by Gasteiger charge is -2.36. The molecule has 2 amide bonds. The van der Waals surface area contributed by atoms with Crippen molar-refractivity contribution >= 4 is 39.3 Å². The molecule has 1 aliphatic rings. The van der Waals surface area contributed by atoms with Crippen molar-refractivity contribution in [1.82, 2.24) is 9.80 Å². The molecule has 0 aliphatic carbocycles. The topological polar surface area (TPSA) is 49.9 Å². The molecule has 7 heteroatoms. The van der Waals surface area contributed by atoms with Crippen LogP contribution in [0.2, 0.25) is 5.02 Å². The van der Waals surface area contributed by atoms with E-state index in [1.54, 1.807) is 30.0 Å². The van der Waals surface area contributed by atoms with Crippen molar-refractivity contribution in [2.45, 2.75) is 26.9 Å². The Morgan fingerprint density at radius 3 is 2.12 bits per heavy atom. The van der Waals surface area contributed by atoms with Crippen molar-refractivity contribution in [1.29, 1.82) is 0 Å². The van der Waals surface area contributed by atoms with Gasteiger partial charge in [-0.05, 0) is 41.1 Å². The third kappa shape index (κ3) is 4.63. The smallest absolute Gasteiger partial charge is 0.263 e. The Labute approximate surface area is 156 Å². The van der Waals surface area contributed by atoms with E-state index < -0.39 is 6.10 Å². The summed E-state index contributed by atoms with van der Waals surface area (Å²) in [6.07, 6.45) is -0.602. The quantitative estimate of drug-likeness (QED) is 0.756. The van der Waals surface area contributed by atoms with Crippen molar-refractivity contribution < 1.29 is 14.3 Å². The van der Waals surface area contributed by atoms with Crippen molar-refractivity contribution in [3.05, 3.63) is 27.7 Å². The summed E-state index contributed by atoms with van der Waals surface area (Å²) in [7, 11) is 0. The fourth-order valence-corrected chi connectivity index (χ4v) is 3.36. The maximum absolute atomic E-state index is 12.5. The Morgan fingerprint density at radius 1 is 1.08 bits per heavy atom. The van der Waals surface area contributed by atoms with Crippen molar-refractivity contribution in [3.63, 3.8) is 0 Å². The normalized spacial score (nSPS) is 16.2. The predicted octanol–water partition coefficient (Wildman–Crippen LogP) is 3.20. The molecule has 24 heavy (non-hydrogen) atoms. The Kier molecular flexibility index (Phi) is 6.52. The van der Waals surface area contributed by atoms with Crippen LogP contribution in [0, 0.1) is 5.92 Å². The minimum Gasteiger partial charge on any atom is -0.480 e. The molecule has 1 aromatic rings. The lowest BCUT2D eigenvalue weighted by Crippen LogP contribution is -2.53. The highest BCUT2D eigenvalue weighted by Crippen LogP contribution is 2.29. The number of amides is 2. The van der Waals surface area contributed by atoms with Gasteiger partial charge in [0.1, 0.15) is 5.75 Å². The number of rotatable bonds is 4. The first-order valence-corrected chi connectivity index (χ1v) is 9.16. The molecule has 0 aromatic heterocycles. The fourth-order valence-electron chi connectivity index (χ4n) is 2.58. The largest absolute Gasteiger partial charge is 0.480 e. The first-order valence-electron chi connectivity index (χ1n) is 7.99. The number of hydrogen-bond acceptors (Lipinski definition) is 3. The van der Waals surface area contributed by atoms with E-state index in [4.69, 9.17) is 16.3 Å². The molecule has 2 rings (SSSR count). The van der Waals surface area contributed by atoms with Crippen molar-refractivity contribution in [3.8, 4) is 5.75 Å². The summed E-state index contributed by atoms with van der Waals surface area (Å²) in [5.41, 5.74) is 0. The first kappa shape index (κ1) is 19.1. The predicted molar refractivity (Wildman–Crippen MR) is 97.2 cm³/mol. The fraction of sp³-hybridized carbons (Fsp3) is 0.529. The van der Waals surface area contributed by atoms with E-state index in [-0.39, 0.29) is 17.7 Å². The third-order valence-electron chi connectivity index (χ3n) is 3.94. The monoisotopic (exact) mass is 416 g/mol. The number of piperazine rings is 1. The molecule has 1 aromatic carbocycles. The molecule has 1 atom stereocenters. The van der Waals surface area contributed by atoms with Gasteiger partial charge in [-0.25, -0.2) is 0 Å². The van der Waals surface area contributed by atoms with Crippen LogP contribution in [0.25, 0.3) is 0 Å². The number of hydrogen-bond donors (Lipinski definition) is 0. The zero-order valence-corrected chi connectivity index (χ0v) is 16.4. The first-order chi connectivity index (χ1) is 11.3. The summed E-state index contributed by atoms with van der Waals surface area (Å²) >= 11 is 9.29. The molecule has 5 nitrogen and oxygen atoms in total. The van der Waals surface area contributed by atoms with Gasteiger partial charge in [0.2, 0.25) is 5.91 Å². The zero-order valence-electron chi connectivity index (χ0n) is 14.1. The molecule has 1 heterocycles. The van der Waals surface area contributed by atoms with Crippen LogP contribution in [-0.2, 0) is 9.59 Å². The SMILES string of the molecule is CC(C)C(=O)N1CCN(C(=O)C(C)Oc2ccc(Cl)cc2Br)CC1. The van der Waals surface area contributed by atoms with Gasteiger partial charge in [-0.2, -0.15) is 0 Å². The van der Waals surface area contributed by atoms with Crippen LogP contribution in [-0.4, -0.2) is 53.9 Å². The second-order valence-corrected chi connectivity index (χ2v) is 7.43. The van der Waals surface area contributed by atoms with E-state index in [0.717, 1.165) is 0 Å². The molecule has 1 saturated heterocycles. The number of benzene rings is 1. The Hall–Kier alpha value is -1.27. The second-order valence-electron chi connectivity index (χ2n) is 6.14. The van der Waals surface area contributed by atoms with Gasteiger partial charge in [0.25, 0.3) is 5.91 Å². The standard InChI is InChI=1S/C17H22BrClN2O3/c1-11(2)16(22)20-6-8-21(9-7-20)17(23)12(3)24-15-5-4-13(19)10-14(15)18/h4-5,10-12H,6-9H2,1-3H3. The summed E-state index contributed by atoms with van der Waals surface area (Å²) in [5, 5.41) is 0.596. The highest BCUT2D eigenvalue weighted by Gasteiger charge is 2.28. The number of halogens is 2. The summed E-state index contributed by atoms with van der Waals surface area (Å²) in [6.45, 7) is 7.72. The summed E-state index contributed by atoms with van der Waals surface area (Å²) in [4.78, 5) is 28.1. The Morgan fingerprint density at radius 2 is 1.62 bits per heavy atom. The maximum atomic E-state index is 12.5. The number of ether oxygens (including phenoxy) is 1. The molecule has 132 valence electrons. The lowest BCUT2D eigenvalue weighted by atomic mass is 10.1. The van der Waals surface area contributed by atoms with Gasteiger partial charge in [0.15, 0.2) is 6.10 Å². The van der Waals surface area contributed by atoms with Crippen LogP contribution in [0.15, 0.2) is 22.7 Å². The van der Waals surface area contributed by atoms with E-state index in [1.165, 1.54) is 0 Å². The molecular formula is C17H22BrClN2O3. The van der Waals surface area contributed by atoms with Gasteiger partial charge in [0.05, 0.1) is 4.47 Å². The van der Waals surface area contributed by atoms with E-state index in [9.17, 15) is 9.59 Å². The zero-order chi connectivity index (χ0) is 17.9. The highest BCUT2D eigenvalue weighted by atomic mass is 79.9. The molecule has 0 saturated carbocycles. The minimum absolute atomic E-state index is 0.0169. The van der Waals surface area contributed by atoms with Gasteiger partial charge < -0.3 is 14.5 Å². The third-order valence-corrected chi connectivity index (χ3v) is 4.80. The molecule has 0 bridgehead atoms. The number of nitrogens with zero attached hydrogens (tertiary/aromatic N) is 2. The van der Waals surface area contributed by atoms with Gasteiger partial charge in [0, 0.05) is 37.1 Å². The van der Waals surface area contributed by atoms with Crippen LogP contribution in [0.3, 0.4) is 0 Å². The van der Waals surface area contributed by atoms with E-state index in [0.29, 0.717) is 41.4 Å². The van der Waals surface area contributed by atoms with Crippen molar-refractivity contribution in [2.75, 3.05) is 26.2 Å². The summed E-state index contributed by atoms with van der Waals surface area (Å²) in [6, 6.07) is 5.18. The van der Waals surface area contributed by atoms with Crippen LogP contribution in [0.5, 0.6) is 5.75 Å². The van der Waals surface area contributed by atoms with Crippen LogP contribution >= 0.6 is 27.5 Å². The van der Waals surface area contributed by atoms with Gasteiger partial charge in [-0.1, -0.05) is 25.4 Å². The molecule has 1 aliphatic heterocycles. The average molecular weight is 418 g/mol. The minimum atomic E-state index is -0.602. The lowest BCUT2D eigenvalue weighted by molar-refractivity contribution is -0.144. The molecule has 1 unspecified atom stereocenters. The van der Waals surface area contributed by atoms with Crippen LogP contribution in [0.4, 0.5) is 0 Å². The number of carbonyl (C=O) groups is 2. The van der Waals surface area contributed by atoms with E-state index in [1.807, 2.05) is 18.7 Å². The molecule has 1 fully saturated rings. The molecule has 0 radical (unpaired) electrons. The average Bonchev–Trinajstić information content (AvgIpc) is 2.56. The van der Waals surface area contributed by atoms with E-state index in [2.05, 4.69) is 15.9 Å². The van der Waals surface area contributed by atoms with E-state index >= 15 is 0 Å². The Bertz CT molecular complexity index is 616. The highest BCUT2D eigenvalue weighted by molar-refractivity contribution is 9.10. The van der Waals surface area contributed by atoms with Crippen molar-refractivity contribution in [2.24, 2.45) is 5.92 Å². The van der Waals surface area contributed by atoms with Gasteiger partial charge in [-0.15, -0.1) is 0 Å². The van der Waals surface area contributed by atoms with Gasteiger partial charge in [-0.3, -0.25) is 9.59 Å². The summed E-state index contributed by atoms with van der Waals surface area (Å²) in [5.74, 6) is 0.621. The summed E-state index contributed by atoms with van der Waals surface area (Å²) < 4.78 is 6.46. The molecular weight excluding hydrogens is 396 g/mol.